The number of rotatable bonds is 7. The van der Waals surface area contributed by atoms with E-state index >= 15 is 0 Å². The Morgan fingerprint density at radius 3 is 1.80 bits per heavy atom. The molecule has 0 saturated heterocycles. The van der Waals surface area contributed by atoms with E-state index in [1.807, 2.05) is 60.7 Å². The first-order valence-corrected chi connectivity index (χ1v) is 8.30. The third kappa shape index (κ3) is 4.83. The van der Waals surface area contributed by atoms with Crippen LogP contribution in [0.2, 0.25) is 0 Å². The van der Waals surface area contributed by atoms with Crippen LogP contribution in [0.25, 0.3) is 0 Å². The lowest BCUT2D eigenvalue weighted by molar-refractivity contribution is -0.139. The third-order valence-corrected chi connectivity index (χ3v) is 3.83. The molecule has 4 nitrogen and oxygen atoms in total. The van der Waals surface area contributed by atoms with Crippen molar-refractivity contribution in [2.24, 2.45) is 0 Å². The normalized spacial score (nSPS) is 11.3. The zero-order chi connectivity index (χ0) is 18.2. The van der Waals surface area contributed by atoms with Gasteiger partial charge in [0, 0.05) is 5.70 Å². The van der Waals surface area contributed by atoms with E-state index in [4.69, 9.17) is 4.74 Å². The highest BCUT2D eigenvalue weighted by atomic mass is 16.5. The van der Waals surface area contributed by atoms with Crippen LogP contribution >= 0.6 is 0 Å². The van der Waals surface area contributed by atoms with Gasteiger partial charge in [-0.1, -0.05) is 71.6 Å². The fourth-order valence-corrected chi connectivity index (χ4v) is 2.70. The molecule has 0 aliphatic rings. The molecule has 0 aliphatic heterocycles. The minimum atomic E-state index is -0.597. The molecule has 0 fully saturated rings. The van der Waals surface area contributed by atoms with E-state index < -0.39 is 5.97 Å². The lowest BCUT2D eigenvalue weighted by atomic mass is 9.50. The van der Waals surface area contributed by atoms with Crippen LogP contribution in [0.5, 0.6) is 0 Å². The molecular weight excluding hydrogens is 313 g/mol. The standard InChI is InChI=1S/C20H22BNO3/c1-4-25-20(24)19(16(3)23)15(2)22-21(17-11-7-5-8-12-17)18-13-9-6-10-14-18/h5-14,22H,4H2,1-3H3/b19-15+. The molecule has 0 amide bonds. The Morgan fingerprint density at radius 1 is 0.920 bits per heavy atom. The van der Waals surface area contributed by atoms with E-state index in [0.717, 1.165) is 10.9 Å². The fourth-order valence-electron chi connectivity index (χ4n) is 2.70. The molecule has 2 aromatic carbocycles. The van der Waals surface area contributed by atoms with Crippen LogP contribution in [-0.4, -0.2) is 25.2 Å². The average Bonchev–Trinajstić information content (AvgIpc) is 2.61. The summed E-state index contributed by atoms with van der Waals surface area (Å²) in [6.45, 7) is 4.87. The van der Waals surface area contributed by atoms with Crippen LogP contribution < -0.4 is 16.2 Å². The van der Waals surface area contributed by atoms with Gasteiger partial charge >= 0.3 is 12.8 Å². The van der Waals surface area contributed by atoms with Gasteiger partial charge in [0.2, 0.25) is 0 Å². The fraction of sp³-hybridized carbons (Fsp3) is 0.200. The number of nitrogens with one attached hydrogen (secondary N) is 1. The van der Waals surface area contributed by atoms with E-state index in [0.29, 0.717) is 5.70 Å². The second-order valence-electron chi connectivity index (χ2n) is 5.68. The highest BCUT2D eigenvalue weighted by molar-refractivity contribution is 6.83. The summed E-state index contributed by atoms with van der Waals surface area (Å²) in [5.74, 6) is -0.914. The summed E-state index contributed by atoms with van der Waals surface area (Å²) in [6, 6.07) is 19.8. The van der Waals surface area contributed by atoms with Crippen molar-refractivity contribution in [3.05, 3.63) is 71.9 Å². The topological polar surface area (TPSA) is 55.4 Å². The summed E-state index contributed by atoms with van der Waals surface area (Å²) in [5, 5.41) is 3.33. The number of benzene rings is 2. The summed E-state index contributed by atoms with van der Waals surface area (Å²) >= 11 is 0. The molecule has 2 aromatic rings. The molecule has 128 valence electrons. The second-order valence-corrected chi connectivity index (χ2v) is 5.68. The number of ketones is 1. The average molecular weight is 335 g/mol. The molecule has 0 radical (unpaired) electrons. The first-order valence-electron chi connectivity index (χ1n) is 8.30. The van der Waals surface area contributed by atoms with Crippen LogP contribution in [0.1, 0.15) is 20.8 Å². The molecule has 0 aliphatic carbocycles. The molecule has 0 heterocycles. The zero-order valence-corrected chi connectivity index (χ0v) is 14.8. The van der Waals surface area contributed by atoms with Gasteiger partial charge in [-0.3, -0.25) is 4.79 Å². The van der Waals surface area contributed by atoms with E-state index in [1.54, 1.807) is 13.8 Å². The Morgan fingerprint density at radius 2 is 1.40 bits per heavy atom. The summed E-state index contributed by atoms with van der Waals surface area (Å²) in [4.78, 5) is 24.1. The highest BCUT2D eigenvalue weighted by Gasteiger charge is 2.24. The molecule has 0 aromatic heterocycles. The Bertz CT molecular complexity index is 718. The lowest BCUT2D eigenvalue weighted by Gasteiger charge is -2.19. The van der Waals surface area contributed by atoms with E-state index in [2.05, 4.69) is 5.23 Å². The van der Waals surface area contributed by atoms with Crippen molar-refractivity contribution >= 4 is 29.5 Å². The van der Waals surface area contributed by atoms with E-state index in [1.165, 1.54) is 6.92 Å². The van der Waals surface area contributed by atoms with Crippen molar-refractivity contribution in [3.63, 3.8) is 0 Å². The first-order chi connectivity index (χ1) is 12.0. The van der Waals surface area contributed by atoms with Crippen LogP contribution in [0, 0.1) is 0 Å². The smallest absolute Gasteiger partial charge is 0.343 e. The Labute approximate surface area is 149 Å². The number of carbonyl (C=O) groups excluding carboxylic acids is 2. The van der Waals surface area contributed by atoms with Gasteiger partial charge in [-0.2, -0.15) is 0 Å². The molecule has 0 spiro atoms. The number of hydrogen-bond donors (Lipinski definition) is 1. The Kier molecular flexibility index (Phi) is 6.58. The number of esters is 1. The highest BCUT2D eigenvalue weighted by Crippen LogP contribution is 2.07. The monoisotopic (exact) mass is 335 g/mol. The maximum Gasteiger partial charge on any atom is 0.343 e. The minimum Gasteiger partial charge on any atom is -0.462 e. The number of hydrogen-bond acceptors (Lipinski definition) is 4. The maximum atomic E-state index is 12.1. The summed E-state index contributed by atoms with van der Waals surface area (Å²) in [6.07, 6.45) is 0. The molecule has 0 saturated carbocycles. The van der Waals surface area contributed by atoms with Crippen LogP contribution in [0.3, 0.4) is 0 Å². The van der Waals surface area contributed by atoms with Gasteiger partial charge in [0.25, 0.3) is 0 Å². The largest absolute Gasteiger partial charge is 0.462 e. The quantitative estimate of drug-likeness (QED) is 0.276. The predicted octanol–water partition coefficient (Wildman–Crippen LogP) is 1.81. The molecule has 0 bridgehead atoms. The van der Waals surface area contributed by atoms with Gasteiger partial charge in [-0.05, 0) is 20.8 Å². The van der Waals surface area contributed by atoms with Gasteiger partial charge in [-0.15, -0.1) is 0 Å². The number of allylic oxidation sites excluding steroid dienone is 1. The molecule has 5 heteroatoms. The zero-order valence-electron chi connectivity index (χ0n) is 14.8. The van der Waals surface area contributed by atoms with Crippen LogP contribution in [0.4, 0.5) is 0 Å². The van der Waals surface area contributed by atoms with Gasteiger partial charge in [-0.25, -0.2) is 4.79 Å². The minimum absolute atomic E-state index is 0.0544. The van der Waals surface area contributed by atoms with Gasteiger partial charge in [0.15, 0.2) is 5.78 Å². The number of Topliss-reactive ketones (excluding diaryl/α,β-unsaturated/α-hetero) is 1. The summed E-state index contributed by atoms with van der Waals surface area (Å²) in [7, 11) is 0. The molecule has 2 rings (SSSR count). The maximum absolute atomic E-state index is 12.1. The summed E-state index contributed by atoms with van der Waals surface area (Å²) in [5.41, 5.74) is 2.64. The molecule has 0 unspecified atom stereocenters. The van der Waals surface area contributed by atoms with Crippen molar-refractivity contribution in [1.82, 2.24) is 5.23 Å². The summed E-state index contributed by atoms with van der Waals surface area (Å²) < 4.78 is 5.02. The molecule has 0 atom stereocenters. The van der Waals surface area contributed by atoms with Gasteiger partial charge in [0.1, 0.15) is 5.57 Å². The van der Waals surface area contributed by atoms with Crippen molar-refractivity contribution < 1.29 is 14.3 Å². The number of ether oxygens (including phenoxy) is 1. The first kappa shape index (κ1) is 18.5. The Hall–Kier alpha value is -2.82. The molecule has 25 heavy (non-hydrogen) atoms. The lowest BCUT2D eigenvalue weighted by Crippen LogP contribution is -2.53. The Balaban J connectivity index is 2.43. The third-order valence-electron chi connectivity index (χ3n) is 3.83. The van der Waals surface area contributed by atoms with E-state index in [-0.39, 0.29) is 24.8 Å². The van der Waals surface area contributed by atoms with Crippen LogP contribution in [-0.2, 0) is 14.3 Å². The predicted molar refractivity (Wildman–Crippen MR) is 101 cm³/mol. The number of carbonyl (C=O) groups is 2. The molecule has 1 N–H and O–H groups in total. The van der Waals surface area contributed by atoms with Gasteiger partial charge < -0.3 is 9.96 Å². The van der Waals surface area contributed by atoms with Crippen molar-refractivity contribution in [2.75, 3.05) is 6.61 Å². The van der Waals surface area contributed by atoms with E-state index in [9.17, 15) is 9.59 Å². The van der Waals surface area contributed by atoms with Crippen molar-refractivity contribution in [3.8, 4) is 0 Å². The molecular formula is C20H22BNO3. The SMILES string of the molecule is CCOC(=O)/C(C(C)=O)=C(\C)NB(c1ccccc1)c1ccccc1. The van der Waals surface area contributed by atoms with Crippen LogP contribution in [0.15, 0.2) is 71.9 Å². The van der Waals surface area contributed by atoms with Crippen molar-refractivity contribution in [1.29, 1.82) is 0 Å². The second kappa shape index (κ2) is 8.88. The van der Waals surface area contributed by atoms with Gasteiger partial charge in [0.05, 0.1) is 6.61 Å². The van der Waals surface area contributed by atoms with Crippen molar-refractivity contribution in [2.45, 2.75) is 20.8 Å².